The second-order valence-corrected chi connectivity index (χ2v) is 3.53. The van der Waals surface area contributed by atoms with Gasteiger partial charge in [0.2, 0.25) is 0 Å². The van der Waals surface area contributed by atoms with Crippen LogP contribution in [0.4, 0.5) is 0 Å². The molecule has 0 atom stereocenters. The minimum absolute atomic E-state index is 0.00801. The molecule has 0 saturated carbocycles. The van der Waals surface area contributed by atoms with Crippen molar-refractivity contribution in [2.45, 2.75) is 13.3 Å². The Kier molecular flexibility index (Phi) is 4.03. The van der Waals surface area contributed by atoms with Crippen LogP contribution in [0.3, 0.4) is 0 Å². The SMILES string of the molecule is CCc1ccncc1C(=O)C=CN(C)C. The first-order chi connectivity index (χ1) is 7.15. The van der Waals surface area contributed by atoms with E-state index in [1.165, 1.54) is 0 Å². The molecule has 0 saturated heterocycles. The fraction of sp³-hybridized carbons (Fsp3) is 0.333. The van der Waals surface area contributed by atoms with Crippen LogP contribution in [0.25, 0.3) is 0 Å². The van der Waals surface area contributed by atoms with Crippen molar-refractivity contribution in [2.75, 3.05) is 14.1 Å². The van der Waals surface area contributed by atoms with Crippen LogP contribution in [0.15, 0.2) is 30.7 Å². The van der Waals surface area contributed by atoms with E-state index in [1.54, 1.807) is 24.7 Å². The predicted molar refractivity (Wildman–Crippen MR) is 60.8 cm³/mol. The highest BCUT2D eigenvalue weighted by Crippen LogP contribution is 2.09. The molecule has 3 heteroatoms. The monoisotopic (exact) mass is 204 g/mol. The van der Waals surface area contributed by atoms with E-state index in [0.29, 0.717) is 5.56 Å². The summed E-state index contributed by atoms with van der Waals surface area (Å²) < 4.78 is 0. The van der Waals surface area contributed by atoms with Crippen LogP contribution in [0.1, 0.15) is 22.8 Å². The van der Waals surface area contributed by atoms with Crippen molar-refractivity contribution in [3.63, 3.8) is 0 Å². The van der Waals surface area contributed by atoms with Gasteiger partial charge in [0.25, 0.3) is 0 Å². The van der Waals surface area contributed by atoms with Gasteiger partial charge in [0.1, 0.15) is 0 Å². The minimum Gasteiger partial charge on any atom is -0.383 e. The van der Waals surface area contributed by atoms with Crippen molar-refractivity contribution in [1.82, 2.24) is 9.88 Å². The molecular formula is C12H16N2O. The summed E-state index contributed by atoms with van der Waals surface area (Å²) in [6, 6.07) is 1.89. The number of nitrogens with zero attached hydrogens (tertiary/aromatic N) is 2. The summed E-state index contributed by atoms with van der Waals surface area (Å²) in [6.45, 7) is 2.03. The quantitative estimate of drug-likeness (QED) is 0.555. The number of pyridine rings is 1. The van der Waals surface area contributed by atoms with Gasteiger partial charge in [-0.15, -0.1) is 0 Å². The maximum Gasteiger partial charge on any atom is 0.189 e. The van der Waals surface area contributed by atoms with Crippen LogP contribution in [-0.4, -0.2) is 29.8 Å². The largest absolute Gasteiger partial charge is 0.383 e. The van der Waals surface area contributed by atoms with Crippen molar-refractivity contribution in [2.24, 2.45) is 0 Å². The Morgan fingerprint density at radius 1 is 1.53 bits per heavy atom. The number of carbonyl (C=O) groups is 1. The van der Waals surface area contributed by atoms with E-state index in [9.17, 15) is 4.79 Å². The molecule has 1 rings (SSSR count). The Morgan fingerprint density at radius 2 is 2.27 bits per heavy atom. The number of hydrogen-bond acceptors (Lipinski definition) is 3. The summed E-state index contributed by atoms with van der Waals surface area (Å²) in [5.74, 6) is 0.00801. The molecule has 0 aliphatic heterocycles. The molecule has 0 aromatic carbocycles. The van der Waals surface area contributed by atoms with E-state index in [1.807, 2.05) is 32.0 Å². The van der Waals surface area contributed by atoms with E-state index < -0.39 is 0 Å². The third-order valence-electron chi connectivity index (χ3n) is 2.08. The smallest absolute Gasteiger partial charge is 0.189 e. The van der Waals surface area contributed by atoms with Gasteiger partial charge in [-0.2, -0.15) is 0 Å². The summed E-state index contributed by atoms with van der Waals surface area (Å²) in [6.07, 6.45) is 7.50. The van der Waals surface area contributed by atoms with Gasteiger partial charge in [0, 0.05) is 44.3 Å². The first-order valence-corrected chi connectivity index (χ1v) is 4.97. The summed E-state index contributed by atoms with van der Waals surface area (Å²) in [7, 11) is 3.77. The highest BCUT2D eigenvalue weighted by atomic mass is 16.1. The third kappa shape index (κ3) is 3.20. The molecule has 3 nitrogen and oxygen atoms in total. The first-order valence-electron chi connectivity index (χ1n) is 4.97. The number of aryl methyl sites for hydroxylation is 1. The Morgan fingerprint density at radius 3 is 2.87 bits per heavy atom. The Hall–Kier alpha value is -1.64. The standard InChI is InChI=1S/C12H16N2O/c1-4-10-5-7-13-9-11(10)12(15)6-8-14(2)3/h5-9H,4H2,1-3H3. The lowest BCUT2D eigenvalue weighted by Gasteiger charge is -2.05. The van der Waals surface area contributed by atoms with Crippen LogP contribution in [-0.2, 0) is 6.42 Å². The number of carbonyl (C=O) groups excluding carboxylic acids is 1. The van der Waals surface area contributed by atoms with Crippen LogP contribution in [0, 0.1) is 0 Å². The van der Waals surface area contributed by atoms with Gasteiger partial charge in [0.05, 0.1) is 0 Å². The van der Waals surface area contributed by atoms with Crippen molar-refractivity contribution < 1.29 is 4.79 Å². The maximum atomic E-state index is 11.8. The lowest BCUT2D eigenvalue weighted by molar-refractivity contribution is 0.104. The molecule has 1 heterocycles. The molecule has 0 bridgehead atoms. The van der Waals surface area contributed by atoms with Gasteiger partial charge < -0.3 is 4.90 Å². The summed E-state index contributed by atoms with van der Waals surface area (Å²) in [5, 5.41) is 0. The molecule has 80 valence electrons. The molecule has 1 aromatic rings. The molecule has 0 fully saturated rings. The Balaban J connectivity index is 2.91. The molecule has 0 N–H and O–H groups in total. The van der Waals surface area contributed by atoms with Crippen LogP contribution >= 0.6 is 0 Å². The molecule has 15 heavy (non-hydrogen) atoms. The molecule has 0 spiro atoms. The first kappa shape index (κ1) is 11.4. The summed E-state index contributed by atoms with van der Waals surface area (Å²) >= 11 is 0. The zero-order valence-electron chi connectivity index (χ0n) is 9.40. The molecule has 0 aliphatic carbocycles. The highest BCUT2D eigenvalue weighted by Gasteiger charge is 2.06. The molecule has 1 aromatic heterocycles. The van der Waals surface area contributed by atoms with Gasteiger partial charge in [0.15, 0.2) is 5.78 Å². The van der Waals surface area contributed by atoms with E-state index in [4.69, 9.17) is 0 Å². The zero-order chi connectivity index (χ0) is 11.3. The molecule has 0 radical (unpaired) electrons. The average Bonchev–Trinajstić information content (AvgIpc) is 2.25. The Bertz CT molecular complexity index is 370. The van der Waals surface area contributed by atoms with Crippen molar-refractivity contribution >= 4 is 5.78 Å². The summed E-state index contributed by atoms with van der Waals surface area (Å²) in [5.41, 5.74) is 1.73. The second-order valence-electron chi connectivity index (χ2n) is 3.53. The van der Waals surface area contributed by atoms with Crippen LogP contribution in [0.5, 0.6) is 0 Å². The summed E-state index contributed by atoms with van der Waals surface area (Å²) in [4.78, 5) is 17.6. The van der Waals surface area contributed by atoms with Crippen molar-refractivity contribution in [3.8, 4) is 0 Å². The maximum absolute atomic E-state index is 11.8. The van der Waals surface area contributed by atoms with Gasteiger partial charge in [-0.3, -0.25) is 9.78 Å². The fourth-order valence-electron chi connectivity index (χ4n) is 1.26. The lowest BCUT2D eigenvalue weighted by atomic mass is 10.0. The predicted octanol–water partition coefficient (Wildman–Crippen LogP) is 1.90. The molecular weight excluding hydrogens is 188 g/mol. The lowest BCUT2D eigenvalue weighted by Crippen LogP contribution is -2.05. The Labute approximate surface area is 90.4 Å². The van der Waals surface area contributed by atoms with Crippen molar-refractivity contribution in [3.05, 3.63) is 41.9 Å². The number of allylic oxidation sites excluding steroid dienone is 1. The number of aromatic nitrogens is 1. The van der Waals surface area contributed by atoms with E-state index in [2.05, 4.69) is 4.98 Å². The molecule has 0 unspecified atom stereocenters. The fourth-order valence-corrected chi connectivity index (χ4v) is 1.26. The van der Waals surface area contributed by atoms with Gasteiger partial charge in [-0.1, -0.05) is 6.92 Å². The normalized spacial score (nSPS) is 10.6. The van der Waals surface area contributed by atoms with Gasteiger partial charge >= 0.3 is 0 Å². The molecule has 0 aliphatic rings. The van der Waals surface area contributed by atoms with Gasteiger partial charge in [-0.25, -0.2) is 0 Å². The van der Waals surface area contributed by atoms with Crippen molar-refractivity contribution in [1.29, 1.82) is 0 Å². The van der Waals surface area contributed by atoms with E-state index in [-0.39, 0.29) is 5.78 Å². The number of rotatable bonds is 4. The minimum atomic E-state index is 0.00801. The van der Waals surface area contributed by atoms with Gasteiger partial charge in [-0.05, 0) is 18.1 Å². The molecule has 0 amide bonds. The number of hydrogen-bond donors (Lipinski definition) is 0. The number of ketones is 1. The van der Waals surface area contributed by atoms with E-state index in [0.717, 1.165) is 12.0 Å². The topological polar surface area (TPSA) is 33.2 Å². The van der Waals surface area contributed by atoms with Crippen LogP contribution in [0.2, 0.25) is 0 Å². The van der Waals surface area contributed by atoms with E-state index >= 15 is 0 Å². The third-order valence-corrected chi connectivity index (χ3v) is 2.08. The highest BCUT2D eigenvalue weighted by molar-refractivity contribution is 6.05. The van der Waals surface area contributed by atoms with Crippen LogP contribution < -0.4 is 0 Å². The second kappa shape index (κ2) is 5.29. The zero-order valence-corrected chi connectivity index (χ0v) is 9.40. The average molecular weight is 204 g/mol.